The Morgan fingerprint density at radius 3 is 2.86 bits per heavy atom. The molecule has 3 rings (SSSR count). The van der Waals surface area contributed by atoms with Crippen LogP contribution in [-0.4, -0.2) is 18.1 Å². The number of hydrogen-bond acceptors (Lipinski definition) is 3. The molecule has 4 heteroatoms. The van der Waals surface area contributed by atoms with E-state index in [1.54, 1.807) is 12.1 Å². The molecule has 0 saturated heterocycles. The Kier molecular flexibility index (Phi) is 3.36. The van der Waals surface area contributed by atoms with Gasteiger partial charge in [0.05, 0.1) is 12.7 Å². The van der Waals surface area contributed by atoms with E-state index in [-0.39, 0.29) is 5.97 Å². The van der Waals surface area contributed by atoms with Gasteiger partial charge in [-0.05, 0) is 53.3 Å². The molecule has 0 radical (unpaired) electrons. The minimum absolute atomic E-state index is 0.361. The van der Waals surface area contributed by atoms with E-state index in [9.17, 15) is 4.79 Å². The van der Waals surface area contributed by atoms with Crippen LogP contribution in [0.1, 0.15) is 21.5 Å². The zero-order valence-corrected chi connectivity index (χ0v) is 11.7. The van der Waals surface area contributed by atoms with Gasteiger partial charge in [0.15, 0.2) is 0 Å². The van der Waals surface area contributed by atoms with Crippen molar-refractivity contribution in [2.24, 2.45) is 0 Å². The summed E-state index contributed by atoms with van der Waals surface area (Å²) in [5.41, 5.74) is 9.98. The van der Waals surface area contributed by atoms with Crippen LogP contribution in [0.4, 0.5) is 5.69 Å². The number of rotatable bonds is 3. The molecule has 0 amide bonds. The van der Waals surface area contributed by atoms with Crippen molar-refractivity contribution < 1.29 is 9.53 Å². The summed E-state index contributed by atoms with van der Waals surface area (Å²) >= 11 is 0. The van der Waals surface area contributed by atoms with Crippen molar-refractivity contribution in [1.29, 1.82) is 0 Å². The molecule has 2 aromatic carbocycles. The molecule has 21 heavy (non-hydrogen) atoms. The molecular formula is C17H16N2O2. The van der Waals surface area contributed by atoms with Gasteiger partial charge in [-0.2, -0.15) is 0 Å². The summed E-state index contributed by atoms with van der Waals surface area (Å²) < 4.78 is 4.83. The van der Waals surface area contributed by atoms with Crippen LogP contribution in [-0.2, 0) is 11.2 Å². The number of fused-ring (bicyclic) bond motifs is 1. The van der Waals surface area contributed by atoms with Crippen molar-refractivity contribution in [3.8, 4) is 0 Å². The normalized spacial score (nSPS) is 10.7. The van der Waals surface area contributed by atoms with Gasteiger partial charge in [-0.1, -0.05) is 12.1 Å². The quantitative estimate of drug-likeness (QED) is 0.572. The second-order valence-electron chi connectivity index (χ2n) is 4.98. The Bertz CT molecular complexity index is 805. The third kappa shape index (κ3) is 2.60. The lowest BCUT2D eigenvalue weighted by Gasteiger charge is -2.09. The predicted octanol–water partition coefficient (Wildman–Crippen LogP) is 3.13. The van der Waals surface area contributed by atoms with Crippen LogP contribution >= 0.6 is 0 Å². The van der Waals surface area contributed by atoms with Gasteiger partial charge >= 0.3 is 5.97 Å². The summed E-state index contributed by atoms with van der Waals surface area (Å²) in [7, 11) is 1.38. The lowest BCUT2D eigenvalue weighted by molar-refractivity contribution is 0.0599. The topological polar surface area (TPSA) is 68.1 Å². The van der Waals surface area contributed by atoms with Gasteiger partial charge in [0.1, 0.15) is 0 Å². The van der Waals surface area contributed by atoms with Crippen molar-refractivity contribution in [2.75, 3.05) is 12.8 Å². The SMILES string of the molecule is COC(=O)c1cc(N)ccc1Cc1ccc2[nH]ccc2c1. The smallest absolute Gasteiger partial charge is 0.338 e. The highest BCUT2D eigenvalue weighted by Crippen LogP contribution is 2.21. The average molecular weight is 280 g/mol. The first-order valence-electron chi connectivity index (χ1n) is 6.70. The number of nitrogens with one attached hydrogen (secondary N) is 1. The molecule has 4 nitrogen and oxygen atoms in total. The van der Waals surface area contributed by atoms with Gasteiger partial charge in [-0.25, -0.2) is 4.79 Å². The fourth-order valence-electron chi connectivity index (χ4n) is 2.48. The third-order valence-electron chi connectivity index (χ3n) is 3.55. The maximum atomic E-state index is 11.9. The minimum atomic E-state index is -0.361. The monoisotopic (exact) mass is 280 g/mol. The highest BCUT2D eigenvalue weighted by Gasteiger charge is 2.12. The van der Waals surface area contributed by atoms with E-state index in [1.165, 1.54) is 7.11 Å². The van der Waals surface area contributed by atoms with Crippen molar-refractivity contribution in [1.82, 2.24) is 4.98 Å². The first kappa shape index (κ1) is 13.2. The van der Waals surface area contributed by atoms with E-state index >= 15 is 0 Å². The summed E-state index contributed by atoms with van der Waals surface area (Å²) in [4.78, 5) is 15.0. The first-order valence-corrected chi connectivity index (χ1v) is 6.70. The molecule has 106 valence electrons. The molecule has 0 aliphatic heterocycles. The number of aromatic nitrogens is 1. The maximum absolute atomic E-state index is 11.9. The van der Waals surface area contributed by atoms with Gasteiger partial charge in [-0.15, -0.1) is 0 Å². The van der Waals surface area contributed by atoms with Gasteiger partial charge in [0.2, 0.25) is 0 Å². The summed E-state index contributed by atoms with van der Waals surface area (Å²) in [5.74, 6) is -0.361. The van der Waals surface area contributed by atoms with Crippen LogP contribution in [0.2, 0.25) is 0 Å². The number of benzene rings is 2. The zero-order valence-electron chi connectivity index (χ0n) is 11.7. The Labute approximate surface area is 122 Å². The Balaban J connectivity index is 1.98. The van der Waals surface area contributed by atoms with E-state index in [0.29, 0.717) is 17.7 Å². The number of nitrogens with two attached hydrogens (primary N) is 1. The summed E-state index contributed by atoms with van der Waals surface area (Å²) in [6.07, 6.45) is 2.57. The van der Waals surface area contributed by atoms with Crippen LogP contribution < -0.4 is 5.73 Å². The van der Waals surface area contributed by atoms with Crippen molar-refractivity contribution >= 4 is 22.6 Å². The van der Waals surface area contributed by atoms with Crippen molar-refractivity contribution in [2.45, 2.75) is 6.42 Å². The molecule has 1 aromatic heterocycles. The summed E-state index contributed by atoms with van der Waals surface area (Å²) in [5, 5.41) is 1.16. The third-order valence-corrected chi connectivity index (χ3v) is 3.55. The molecule has 1 heterocycles. The number of esters is 1. The molecule has 0 fully saturated rings. The molecular weight excluding hydrogens is 264 g/mol. The molecule has 0 aliphatic rings. The van der Waals surface area contributed by atoms with Crippen LogP contribution in [0.15, 0.2) is 48.7 Å². The first-order chi connectivity index (χ1) is 10.2. The van der Waals surface area contributed by atoms with Crippen LogP contribution in [0, 0.1) is 0 Å². The fourth-order valence-corrected chi connectivity index (χ4v) is 2.48. The van der Waals surface area contributed by atoms with E-state index in [1.807, 2.05) is 24.4 Å². The number of ether oxygens (including phenoxy) is 1. The molecule has 0 atom stereocenters. The maximum Gasteiger partial charge on any atom is 0.338 e. The number of H-pyrrole nitrogens is 1. The molecule has 3 aromatic rings. The Hall–Kier alpha value is -2.75. The highest BCUT2D eigenvalue weighted by atomic mass is 16.5. The fraction of sp³-hybridized carbons (Fsp3) is 0.118. The van der Waals surface area contributed by atoms with Gasteiger partial charge in [-0.3, -0.25) is 0 Å². The van der Waals surface area contributed by atoms with Crippen LogP contribution in [0.3, 0.4) is 0 Å². The van der Waals surface area contributed by atoms with E-state index < -0.39 is 0 Å². The summed E-state index contributed by atoms with van der Waals surface area (Å²) in [6.45, 7) is 0. The number of aromatic amines is 1. The standard InChI is InChI=1S/C17H16N2O2/c1-21-17(20)15-10-14(18)4-3-12(15)8-11-2-5-16-13(9-11)6-7-19-16/h2-7,9-10,19H,8,18H2,1H3. The molecule has 3 N–H and O–H groups in total. The lowest BCUT2D eigenvalue weighted by Crippen LogP contribution is -2.07. The number of carbonyl (C=O) groups is 1. The van der Waals surface area contributed by atoms with Crippen molar-refractivity contribution in [3.63, 3.8) is 0 Å². The Morgan fingerprint density at radius 1 is 1.19 bits per heavy atom. The van der Waals surface area contributed by atoms with Crippen molar-refractivity contribution in [3.05, 3.63) is 65.4 Å². The van der Waals surface area contributed by atoms with E-state index in [0.717, 1.165) is 22.0 Å². The minimum Gasteiger partial charge on any atom is -0.465 e. The second-order valence-corrected chi connectivity index (χ2v) is 4.98. The largest absolute Gasteiger partial charge is 0.465 e. The number of hydrogen-bond donors (Lipinski definition) is 2. The molecule has 0 saturated carbocycles. The lowest BCUT2D eigenvalue weighted by atomic mass is 9.98. The van der Waals surface area contributed by atoms with Crippen LogP contribution in [0.25, 0.3) is 10.9 Å². The molecule has 0 bridgehead atoms. The van der Waals surface area contributed by atoms with Gasteiger partial charge in [0, 0.05) is 17.4 Å². The molecule has 0 aliphatic carbocycles. The number of nitrogen functional groups attached to an aromatic ring is 1. The van der Waals surface area contributed by atoms with Gasteiger partial charge in [0.25, 0.3) is 0 Å². The van der Waals surface area contributed by atoms with E-state index in [2.05, 4.69) is 17.1 Å². The predicted molar refractivity (Wildman–Crippen MR) is 83.3 cm³/mol. The Morgan fingerprint density at radius 2 is 2.05 bits per heavy atom. The molecule has 0 spiro atoms. The van der Waals surface area contributed by atoms with E-state index in [4.69, 9.17) is 10.5 Å². The van der Waals surface area contributed by atoms with Crippen LogP contribution in [0.5, 0.6) is 0 Å². The average Bonchev–Trinajstić information content (AvgIpc) is 2.96. The highest BCUT2D eigenvalue weighted by molar-refractivity contribution is 5.92. The number of carbonyl (C=O) groups excluding carboxylic acids is 1. The summed E-state index contributed by atoms with van der Waals surface area (Å²) in [6, 6.07) is 13.6. The second kappa shape index (κ2) is 5.32. The van der Waals surface area contributed by atoms with Gasteiger partial charge < -0.3 is 15.5 Å². The number of methoxy groups -OCH3 is 1. The number of anilines is 1. The molecule has 0 unspecified atom stereocenters. The zero-order chi connectivity index (χ0) is 14.8.